The average Bonchev–Trinajstić information content (AvgIpc) is 1.69. The van der Waals surface area contributed by atoms with Gasteiger partial charge in [-0.2, -0.15) is 0 Å². The Morgan fingerprint density at radius 1 is 1.75 bits per heavy atom. The van der Waals surface area contributed by atoms with E-state index in [2.05, 4.69) is 12.3 Å². The Kier molecular flexibility index (Phi) is 54.2. The van der Waals surface area contributed by atoms with Crippen molar-refractivity contribution < 1.29 is 0 Å². The summed E-state index contributed by atoms with van der Waals surface area (Å²) in [5, 5.41) is 7.38. The van der Waals surface area contributed by atoms with Gasteiger partial charge in [0.1, 0.15) is 0 Å². The van der Waals surface area contributed by atoms with E-state index in [1.54, 1.807) is 0 Å². The molecular formula is C4H8BN2Na. The van der Waals surface area contributed by atoms with E-state index in [-0.39, 0.29) is 8.41 Å². The van der Waals surface area contributed by atoms with Gasteiger partial charge in [0.25, 0.3) is 0 Å². The molecule has 4 heteroatoms. The van der Waals surface area contributed by atoms with E-state index in [0.717, 1.165) is 0 Å². The number of nitriles is 1. The van der Waals surface area contributed by atoms with Crippen molar-refractivity contribution >= 4 is 36.3 Å². The fraction of sp³-hybridized carbons (Fsp3) is 0.250. The molecule has 0 fully saturated rings. The van der Waals surface area contributed by atoms with Crippen LogP contribution in [0.5, 0.6) is 0 Å². The summed E-state index contributed by atoms with van der Waals surface area (Å²) in [7, 11) is 0. The maximum absolute atomic E-state index is 7.38. The third kappa shape index (κ3) is 135. The number of nitrogens with zero attached hydrogens (tertiary/aromatic N) is 1. The predicted molar refractivity (Wildman–Crippen MR) is 39.2 cm³/mol. The Morgan fingerprint density at radius 2 is 1.88 bits per heavy atom. The number of rotatable bonds is 0. The summed E-state index contributed by atoms with van der Waals surface area (Å²) < 4.78 is 1.89. The summed E-state index contributed by atoms with van der Waals surface area (Å²) in [6, 6.07) is 0. The van der Waals surface area contributed by atoms with Crippen molar-refractivity contribution in [3.05, 3.63) is 0 Å². The molecule has 0 amide bonds. The first-order valence-electron chi connectivity index (χ1n) is 1.77. The molecule has 0 rings (SSSR count). The standard InChI is InChI=1S/C3H5N.CN.BH3.Na/c1-2-3-4;1-2;;/h1H,3-4H2;;1H3;. The van der Waals surface area contributed by atoms with Gasteiger partial charge in [0.2, 0.25) is 0 Å². The van der Waals surface area contributed by atoms with Crippen molar-refractivity contribution in [2.24, 2.45) is 5.73 Å². The molecule has 0 aliphatic carbocycles. The minimum absolute atomic E-state index is 0. The van der Waals surface area contributed by atoms with Gasteiger partial charge < -0.3 is 5.73 Å². The van der Waals surface area contributed by atoms with Crippen LogP contribution in [0.25, 0.3) is 0 Å². The zero-order valence-corrected chi connectivity index (χ0v) is 6.31. The zero-order valence-electron chi connectivity index (χ0n) is 4.31. The number of terminal acetylenes is 1. The molecule has 8 heavy (non-hydrogen) atoms. The molecule has 0 saturated carbocycles. The first kappa shape index (κ1) is 15.7. The molecule has 2 N–H and O–H groups in total. The van der Waals surface area contributed by atoms with E-state index in [9.17, 15) is 0 Å². The molecule has 0 radical (unpaired) electrons. The summed E-state index contributed by atoms with van der Waals surface area (Å²) in [5.74, 6) is 2.21. The van der Waals surface area contributed by atoms with Crippen LogP contribution >= 0.6 is 0 Å². The molecule has 0 aliphatic rings. The van der Waals surface area contributed by atoms with Gasteiger partial charge in [0.05, 0.1) is 15.0 Å². The average molecular weight is 118 g/mol. The van der Waals surface area contributed by atoms with E-state index in [1.165, 1.54) is 0 Å². The summed E-state index contributed by atoms with van der Waals surface area (Å²) in [4.78, 5) is 0. The van der Waals surface area contributed by atoms with Crippen LogP contribution < -0.4 is 5.73 Å². The van der Waals surface area contributed by atoms with Crippen LogP contribution in [-0.2, 0) is 0 Å². The molecule has 0 aromatic carbocycles. The Labute approximate surface area is 69.4 Å². The molecule has 0 saturated heterocycles. The molecule has 0 unspecified atom stereocenters. The quantitative estimate of drug-likeness (QED) is 0.296. The molecule has 0 aromatic rings. The van der Waals surface area contributed by atoms with E-state index in [4.69, 9.17) is 11.0 Å². The van der Waals surface area contributed by atoms with Crippen LogP contribution in [0.15, 0.2) is 0 Å². The first-order chi connectivity index (χ1) is 3.33. The third-order valence-electron chi connectivity index (χ3n) is 0.118. The minimum atomic E-state index is 0. The Morgan fingerprint density at radius 3 is 1.88 bits per heavy atom. The van der Waals surface area contributed by atoms with Gasteiger partial charge in [-0.3, -0.25) is 0 Å². The Balaban J connectivity index is -0.0000000575. The van der Waals surface area contributed by atoms with Gasteiger partial charge in [0.15, 0.2) is 0 Å². The Hall–Kier alpha value is 0.0749. The third-order valence-corrected chi connectivity index (χ3v) is 0.118. The topological polar surface area (TPSA) is 49.8 Å². The van der Waals surface area contributed by atoms with Crippen LogP contribution in [0.1, 0.15) is 0 Å². The first-order valence-corrected chi connectivity index (χ1v) is 2.77. The van der Waals surface area contributed by atoms with E-state index >= 15 is 0 Å². The Bertz CT molecular complexity index is 91.2. The molecule has 0 spiro atoms. The normalized spacial score (nSPS) is 3.62. The molecule has 2 nitrogen and oxygen atoms in total. The number of hydrogen-bond donors (Lipinski definition) is 1. The van der Waals surface area contributed by atoms with Gasteiger partial charge in [-0.25, -0.2) is 0 Å². The second-order valence-electron chi connectivity index (χ2n) is 0.632. The second-order valence-corrected chi connectivity index (χ2v) is 1.08. The summed E-state index contributed by atoms with van der Waals surface area (Å²) in [6.45, 7) is 0.347. The van der Waals surface area contributed by atoms with Crippen molar-refractivity contribution in [3.63, 3.8) is 0 Å². The fourth-order valence-corrected chi connectivity index (χ4v) is 0. The fourth-order valence-electron chi connectivity index (χ4n) is 0. The predicted octanol–water partition coefficient (Wildman–Crippen LogP) is -1.97. The molecule has 0 atom stereocenters. The molecule has 0 aromatic heterocycles. The molecule has 0 heterocycles. The number of hydrogen-bond acceptors (Lipinski definition) is 2. The SMILES string of the molecule is B.C#CCN.N#[C][Na]. The summed E-state index contributed by atoms with van der Waals surface area (Å²) in [6.07, 6.45) is 4.65. The van der Waals surface area contributed by atoms with Gasteiger partial charge in [-0.1, -0.05) is 5.92 Å². The van der Waals surface area contributed by atoms with Crippen molar-refractivity contribution in [2.75, 3.05) is 6.54 Å². The zero-order chi connectivity index (χ0) is 6.12. The molecule has 0 bridgehead atoms. The van der Waals surface area contributed by atoms with Crippen LogP contribution in [-0.4, -0.2) is 42.9 Å². The number of nitrogens with two attached hydrogens (primary N) is 1. The van der Waals surface area contributed by atoms with Crippen LogP contribution in [0.2, 0.25) is 0 Å². The van der Waals surface area contributed by atoms with E-state index in [1.807, 2.05) is 3.32 Å². The molecule has 0 aliphatic heterocycles. The monoisotopic (exact) mass is 118 g/mol. The molecular weight excluding hydrogens is 110 g/mol. The second kappa shape index (κ2) is 27.6. The van der Waals surface area contributed by atoms with Crippen LogP contribution in [0, 0.1) is 20.9 Å². The van der Waals surface area contributed by atoms with Crippen molar-refractivity contribution in [1.29, 1.82) is 5.26 Å². The van der Waals surface area contributed by atoms with Gasteiger partial charge >= 0.3 is 36.5 Å². The van der Waals surface area contributed by atoms with Crippen molar-refractivity contribution in [3.8, 4) is 15.7 Å². The summed E-state index contributed by atoms with van der Waals surface area (Å²) >= 11 is 0.674. The van der Waals surface area contributed by atoms with Crippen LogP contribution in [0.4, 0.5) is 0 Å². The van der Waals surface area contributed by atoms with E-state index in [0.29, 0.717) is 34.5 Å². The van der Waals surface area contributed by atoms with E-state index < -0.39 is 0 Å². The van der Waals surface area contributed by atoms with Gasteiger partial charge in [0, 0.05) is 0 Å². The van der Waals surface area contributed by atoms with Crippen LogP contribution in [0.3, 0.4) is 0 Å². The van der Waals surface area contributed by atoms with Crippen molar-refractivity contribution in [1.82, 2.24) is 0 Å². The maximum atomic E-state index is 7.38. The van der Waals surface area contributed by atoms with Gasteiger partial charge in [-0.05, 0) is 0 Å². The molecule has 38 valence electrons. The van der Waals surface area contributed by atoms with Crippen molar-refractivity contribution in [2.45, 2.75) is 0 Å². The summed E-state index contributed by atoms with van der Waals surface area (Å²) in [5.41, 5.74) is 4.79. The van der Waals surface area contributed by atoms with Gasteiger partial charge in [-0.15, -0.1) is 6.42 Å².